The number of carboxylic acid groups (broad SMARTS) is 1. The van der Waals surface area contributed by atoms with E-state index in [4.69, 9.17) is 5.11 Å². The van der Waals surface area contributed by atoms with Gasteiger partial charge < -0.3 is 10.0 Å². The van der Waals surface area contributed by atoms with Crippen LogP contribution in [0.25, 0.3) is 0 Å². The third kappa shape index (κ3) is 1.86. The molecule has 1 heterocycles. The molecular weight excluding hydrogens is 258 g/mol. The van der Waals surface area contributed by atoms with Crippen molar-refractivity contribution in [3.8, 4) is 0 Å². The number of fused-ring (bicyclic) bond motifs is 1. The number of carboxylic acids is 1. The van der Waals surface area contributed by atoms with Crippen molar-refractivity contribution in [2.24, 2.45) is 0 Å². The summed E-state index contributed by atoms with van der Waals surface area (Å²) < 4.78 is 0.985. The molecule has 1 atom stereocenters. The van der Waals surface area contributed by atoms with Crippen LogP contribution in [0.1, 0.15) is 17.9 Å². The summed E-state index contributed by atoms with van der Waals surface area (Å²) in [6, 6.07) is 5.77. The molecule has 0 saturated carbocycles. The molecule has 3 nitrogen and oxygen atoms in total. The Balaban J connectivity index is 2.50. The summed E-state index contributed by atoms with van der Waals surface area (Å²) >= 11 is 3.40. The minimum Gasteiger partial charge on any atom is -0.481 e. The number of carbonyl (C=O) groups is 1. The van der Waals surface area contributed by atoms with Gasteiger partial charge in [0.2, 0.25) is 0 Å². The van der Waals surface area contributed by atoms with Crippen LogP contribution >= 0.6 is 15.9 Å². The van der Waals surface area contributed by atoms with Crippen molar-refractivity contribution in [2.75, 3.05) is 18.5 Å². The zero-order chi connectivity index (χ0) is 11.0. The van der Waals surface area contributed by atoms with E-state index in [1.165, 1.54) is 0 Å². The Morgan fingerprint density at radius 1 is 1.60 bits per heavy atom. The van der Waals surface area contributed by atoms with Gasteiger partial charge in [-0.05, 0) is 24.1 Å². The average molecular weight is 270 g/mol. The fourth-order valence-corrected chi connectivity index (χ4v) is 2.35. The maximum Gasteiger partial charge on any atom is 0.311 e. The molecule has 15 heavy (non-hydrogen) atoms. The van der Waals surface area contributed by atoms with E-state index in [9.17, 15) is 4.79 Å². The SMILES string of the molecule is CN1CCC(C(=O)O)c2ccc(Br)cc21. The Labute approximate surface area is 96.8 Å². The molecule has 1 aromatic carbocycles. The van der Waals surface area contributed by atoms with E-state index in [0.717, 1.165) is 22.3 Å². The van der Waals surface area contributed by atoms with Crippen LogP contribution in [-0.2, 0) is 4.79 Å². The number of hydrogen-bond donors (Lipinski definition) is 1. The predicted octanol–water partition coefficient (Wildman–Crippen LogP) is 2.46. The largest absolute Gasteiger partial charge is 0.481 e. The Morgan fingerprint density at radius 2 is 2.33 bits per heavy atom. The smallest absolute Gasteiger partial charge is 0.311 e. The average Bonchev–Trinajstić information content (AvgIpc) is 2.19. The van der Waals surface area contributed by atoms with Crippen molar-refractivity contribution in [3.63, 3.8) is 0 Å². The van der Waals surface area contributed by atoms with Gasteiger partial charge >= 0.3 is 5.97 Å². The first-order valence-corrected chi connectivity index (χ1v) is 5.62. The molecule has 0 fully saturated rings. The van der Waals surface area contributed by atoms with Gasteiger partial charge in [-0.1, -0.05) is 22.0 Å². The van der Waals surface area contributed by atoms with Crippen molar-refractivity contribution in [3.05, 3.63) is 28.2 Å². The molecule has 0 aliphatic carbocycles. The molecule has 0 radical (unpaired) electrons. The zero-order valence-corrected chi connectivity index (χ0v) is 9.99. The minimum atomic E-state index is -0.730. The first kappa shape index (κ1) is 10.5. The van der Waals surface area contributed by atoms with Crippen molar-refractivity contribution in [1.82, 2.24) is 0 Å². The lowest BCUT2D eigenvalue weighted by Gasteiger charge is -2.31. The van der Waals surface area contributed by atoms with Gasteiger partial charge in [-0.25, -0.2) is 0 Å². The Bertz CT molecular complexity index is 406. The van der Waals surface area contributed by atoms with E-state index in [1.807, 2.05) is 25.2 Å². The number of aliphatic carboxylic acids is 1. The second-order valence-electron chi connectivity index (χ2n) is 3.80. The molecule has 1 aliphatic heterocycles. The molecule has 4 heteroatoms. The van der Waals surface area contributed by atoms with Gasteiger partial charge in [-0.15, -0.1) is 0 Å². The lowest BCUT2D eigenvalue weighted by molar-refractivity contribution is -0.139. The highest BCUT2D eigenvalue weighted by molar-refractivity contribution is 9.10. The molecule has 2 rings (SSSR count). The molecule has 0 amide bonds. The quantitative estimate of drug-likeness (QED) is 0.852. The van der Waals surface area contributed by atoms with Crippen LogP contribution in [0.5, 0.6) is 0 Å². The molecular formula is C11H12BrNO2. The summed E-state index contributed by atoms with van der Waals surface area (Å²) in [4.78, 5) is 13.2. The van der Waals surface area contributed by atoms with Gasteiger partial charge in [0.15, 0.2) is 0 Å². The monoisotopic (exact) mass is 269 g/mol. The fraction of sp³-hybridized carbons (Fsp3) is 0.364. The van der Waals surface area contributed by atoms with E-state index in [2.05, 4.69) is 20.8 Å². The van der Waals surface area contributed by atoms with Crippen LogP contribution in [0.15, 0.2) is 22.7 Å². The number of hydrogen-bond acceptors (Lipinski definition) is 2. The molecule has 0 bridgehead atoms. The van der Waals surface area contributed by atoms with Crippen LogP contribution in [-0.4, -0.2) is 24.7 Å². The van der Waals surface area contributed by atoms with Crippen LogP contribution in [0.2, 0.25) is 0 Å². The van der Waals surface area contributed by atoms with Gasteiger partial charge in [-0.2, -0.15) is 0 Å². The summed E-state index contributed by atoms with van der Waals surface area (Å²) in [7, 11) is 1.99. The van der Waals surface area contributed by atoms with Crippen LogP contribution in [0.4, 0.5) is 5.69 Å². The van der Waals surface area contributed by atoms with E-state index in [1.54, 1.807) is 0 Å². The number of anilines is 1. The lowest BCUT2D eigenvalue weighted by atomic mass is 9.90. The molecule has 1 aromatic rings. The van der Waals surface area contributed by atoms with Crippen LogP contribution in [0, 0.1) is 0 Å². The van der Waals surface area contributed by atoms with Crippen molar-refractivity contribution in [2.45, 2.75) is 12.3 Å². The fourth-order valence-electron chi connectivity index (χ4n) is 2.00. The Kier molecular flexibility index (Phi) is 2.69. The van der Waals surface area contributed by atoms with Crippen molar-refractivity contribution in [1.29, 1.82) is 0 Å². The zero-order valence-electron chi connectivity index (χ0n) is 8.40. The molecule has 1 unspecified atom stereocenters. The summed E-state index contributed by atoms with van der Waals surface area (Å²) in [5, 5.41) is 9.11. The van der Waals surface area contributed by atoms with Gasteiger partial charge in [0.1, 0.15) is 0 Å². The predicted molar refractivity (Wildman–Crippen MR) is 62.4 cm³/mol. The summed E-state index contributed by atoms with van der Waals surface area (Å²) in [6.45, 7) is 0.792. The van der Waals surface area contributed by atoms with Crippen LogP contribution in [0.3, 0.4) is 0 Å². The first-order chi connectivity index (χ1) is 7.09. The summed E-state index contributed by atoms with van der Waals surface area (Å²) in [6.07, 6.45) is 0.681. The number of nitrogens with zero attached hydrogens (tertiary/aromatic N) is 1. The second kappa shape index (κ2) is 3.85. The number of halogens is 1. The highest BCUT2D eigenvalue weighted by Gasteiger charge is 2.28. The second-order valence-corrected chi connectivity index (χ2v) is 4.72. The normalized spacial score (nSPS) is 19.9. The summed E-state index contributed by atoms with van der Waals surface area (Å²) in [5.74, 6) is -1.09. The van der Waals surface area contributed by atoms with Gasteiger partial charge in [0, 0.05) is 23.8 Å². The van der Waals surface area contributed by atoms with Gasteiger partial charge in [0.25, 0.3) is 0 Å². The standard InChI is InChI=1S/C11H12BrNO2/c1-13-5-4-9(11(14)15)8-3-2-7(12)6-10(8)13/h2-3,6,9H,4-5H2,1H3,(H,14,15). The molecule has 1 N–H and O–H groups in total. The third-order valence-electron chi connectivity index (χ3n) is 2.83. The van der Waals surface area contributed by atoms with Crippen molar-refractivity contribution < 1.29 is 9.90 Å². The lowest BCUT2D eigenvalue weighted by Crippen LogP contribution is -2.30. The van der Waals surface area contributed by atoms with Crippen LogP contribution < -0.4 is 4.90 Å². The molecule has 1 aliphatic rings. The number of rotatable bonds is 1. The Morgan fingerprint density at radius 3 is 3.00 bits per heavy atom. The van der Waals surface area contributed by atoms with E-state index < -0.39 is 5.97 Å². The molecule has 0 aromatic heterocycles. The maximum absolute atomic E-state index is 11.1. The first-order valence-electron chi connectivity index (χ1n) is 4.83. The highest BCUT2D eigenvalue weighted by Crippen LogP contribution is 2.36. The van der Waals surface area contributed by atoms with E-state index >= 15 is 0 Å². The third-order valence-corrected chi connectivity index (χ3v) is 3.32. The summed E-state index contributed by atoms with van der Waals surface area (Å²) in [5.41, 5.74) is 1.93. The van der Waals surface area contributed by atoms with E-state index in [0.29, 0.717) is 6.42 Å². The minimum absolute atomic E-state index is 0.357. The topological polar surface area (TPSA) is 40.5 Å². The van der Waals surface area contributed by atoms with Crippen molar-refractivity contribution >= 4 is 27.6 Å². The van der Waals surface area contributed by atoms with E-state index in [-0.39, 0.29) is 5.92 Å². The molecule has 80 valence electrons. The van der Waals surface area contributed by atoms with Gasteiger partial charge in [0.05, 0.1) is 5.92 Å². The highest BCUT2D eigenvalue weighted by atomic mass is 79.9. The molecule has 0 saturated heterocycles. The van der Waals surface area contributed by atoms with Gasteiger partial charge in [-0.3, -0.25) is 4.79 Å². The number of benzene rings is 1. The molecule has 0 spiro atoms. The Hall–Kier alpha value is -1.03. The maximum atomic E-state index is 11.1.